The highest BCUT2D eigenvalue weighted by Gasteiger charge is 2.22. The molecule has 0 spiro atoms. The van der Waals surface area contributed by atoms with Gasteiger partial charge in [-0.15, -0.1) is 21.5 Å². The van der Waals surface area contributed by atoms with Crippen molar-refractivity contribution in [1.29, 1.82) is 0 Å². The Morgan fingerprint density at radius 1 is 1.33 bits per heavy atom. The number of hydrogen-bond donors (Lipinski definition) is 0. The van der Waals surface area contributed by atoms with Crippen LogP contribution < -0.4 is 4.74 Å². The molecule has 0 saturated heterocycles. The van der Waals surface area contributed by atoms with Gasteiger partial charge >= 0.3 is 0 Å². The quantitative estimate of drug-likeness (QED) is 0.354. The Labute approximate surface area is 161 Å². The number of thiazole rings is 1. The molecule has 0 saturated carbocycles. The van der Waals surface area contributed by atoms with Crippen LogP contribution in [0, 0.1) is 24.0 Å². The summed E-state index contributed by atoms with van der Waals surface area (Å²) in [7, 11) is 0. The molecule has 0 atom stereocenters. The molecule has 0 N–H and O–H groups in total. The van der Waals surface area contributed by atoms with E-state index >= 15 is 0 Å². The number of nitro groups is 1. The van der Waals surface area contributed by atoms with Gasteiger partial charge in [0.25, 0.3) is 16.8 Å². The predicted octanol–water partition coefficient (Wildman–Crippen LogP) is 3.88. The highest BCUT2D eigenvalue weighted by atomic mass is 32.2. The molecular weight excluding hydrogens is 392 g/mol. The standard InChI is InChI=1S/C16H14N4O5S2/c1-8-14(27-9(2)17-8)15-18-19-16(25-15)26-6-11-4-12(20(21)22)3-10-5-23-7-24-13(10)11/h3-4H,5-7H2,1-2H3. The van der Waals surface area contributed by atoms with Crippen LogP contribution in [0.4, 0.5) is 5.69 Å². The molecule has 140 valence electrons. The number of rotatable bonds is 5. The summed E-state index contributed by atoms with van der Waals surface area (Å²) in [5.41, 5.74) is 2.20. The molecule has 3 aromatic rings. The monoisotopic (exact) mass is 406 g/mol. The topological polar surface area (TPSA) is 113 Å². The fraction of sp³-hybridized carbons (Fsp3) is 0.312. The molecule has 0 fully saturated rings. The van der Waals surface area contributed by atoms with Crippen LogP contribution in [-0.4, -0.2) is 26.9 Å². The van der Waals surface area contributed by atoms with Crippen molar-refractivity contribution < 1.29 is 18.8 Å². The van der Waals surface area contributed by atoms with Crippen LogP contribution in [0.1, 0.15) is 21.8 Å². The van der Waals surface area contributed by atoms with Crippen LogP contribution in [0.3, 0.4) is 0 Å². The lowest BCUT2D eigenvalue weighted by Gasteiger charge is -2.20. The third-order valence-electron chi connectivity index (χ3n) is 3.84. The van der Waals surface area contributed by atoms with E-state index in [1.807, 2.05) is 13.8 Å². The van der Waals surface area contributed by atoms with Gasteiger partial charge in [0, 0.05) is 29.0 Å². The first-order valence-electron chi connectivity index (χ1n) is 7.92. The smallest absolute Gasteiger partial charge is 0.277 e. The SMILES string of the molecule is Cc1nc(C)c(-c2nnc(SCc3cc([N+](=O)[O-])cc4c3OCOC4)o2)s1. The highest BCUT2D eigenvalue weighted by molar-refractivity contribution is 7.98. The minimum absolute atomic E-state index is 0.000396. The van der Waals surface area contributed by atoms with Crippen molar-refractivity contribution in [3.8, 4) is 16.5 Å². The van der Waals surface area contributed by atoms with E-state index in [0.29, 0.717) is 33.7 Å². The van der Waals surface area contributed by atoms with Gasteiger partial charge in [-0.3, -0.25) is 10.1 Å². The number of aromatic nitrogens is 3. The maximum absolute atomic E-state index is 11.2. The number of nitrogens with zero attached hydrogens (tertiary/aromatic N) is 4. The van der Waals surface area contributed by atoms with Gasteiger partial charge in [-0.25, -0.2) is 4.98 Å². The summed E-state index contributed by atoms with van der Waals surface area (Å²) in [5, 5.41) is 20.6. The molecule has 11 heteroatoms. The van der Waals surface area contributed by atoms with Crippen LogP contribution in [-0.2, 0) is 17.1 Å². The lowest BCUT2D eigenvalue weighted by Crippen LogP contribution is -2.13. The van der Waals surface area contributed by atoms with E-state index in [0.717, 1.165) is 15.6 Å². The molecule has 0 unspecified atom stereocenters. The Morgan fingerprint density at radius 2 is 2.19 bits per heavy atom. The number of non-ortho nitro benzene ring substituents is 1. The van der Waals surface area contributed by atoms with E-state index in [1.54, 1.807) is 0 Å². The average Bonchev–Trinajstić information content (AvgIpc) is 3.25. The van der Waals surface area contributed by atoms with Gasteiger partial charge in [-0.2, -0.15) is 0 Å². The molecule has 9 nitrogen and oxygen atoms in total. The summed E-state index contributed by atoms with van der Waals surface area (Å²) in [6.07, 6.45) is 0. The molecule has 1 aromatic carbocycles. The zero-order valence-electron chi connectivity index (χ0n) is 14.4. The molecule has 3 heterocycles. The Balaban J connectivity index is 1.56. The Hall–Kier alpha value is -2.50. The van der Waals surface area contributed by atoms with Gasteiger partial charge in [-0.05, 0) is 13.8 Å². The molecule has 0 aliphatic carbocycles. The van der Waals surface area contributed by atoms with Crippen molar-refractivity contribution in [1.82, 2.24) is 15.2 Å². The summed E-state index contributed by atoms with van der Waals surface area (Å²) in [6.45, 7) is 4.22. The maximum Gasteiger partial charge on any atom is 0.277 e. The Kier molecular flexibility index (Phi) is 4.81. The van der Waals surface area contributed by atoms with Crippen molar-refractivity contribution in [2.75, 3.05) is 6.79 Å². The lowest BCUT2D eigenvalue weighted by molar-refractivity contribution is -0.385. The van der Waals surface area contributed by atoms with Gasteiger partial charge in [0.1, 0.15) is 10.6 Å². The van der Waals surface area contributed by atoms with Gasteiger partial charge in [0.05, 0.1) is 22.2 Å². The van der Waals surface area contributed by atoms with Crippen LogP contribution in [0.25, 0.3) is 10.8 Å². The minimum Gasteiger partial charge on any atom is -0.467 e. The fourth-order valence-electron chi connectivity index (χ4n) is 2.72. The lowest BCUT2D eigenvalue weighted by atomic mass is 10.1. The van der Waals surface area contributed by atoms with E-state index in [9.17, 15) is 10.1 Å². The second-order valence-electron chi connectivity index (χ2n) is 5.77. The van der Waals surface area contributed by atoms with E-state index in [-0.39, 0.29) is 19.1 Å². The van der Waals surface area contributed by atoms with Crippen molar-refractivity contribution >= 4 is 28.8 Å². The van der Waals surface area contributed by atoms with Crippen molar-refractivity contribution in [2.45, 2.75) is 31.4 Å². The van der Waals surface area contributed by atoms with E-state index in [4.69, 9.17) is 13.9 Å². The predicted molar refractivity (Wildman–Crippen MR) is 97.8 cm³/mol. The molecule has 2 aromatic heterocycles. The number of hydrogen-bond acceptors (Lipinski definition) is 10. The Bertz CT molecular complexity index is 1020. The first kappa shape index (κ1) is 17.9. The molecule has 0 radical (unpaired) electrons. The second kappa shape index (κ2) is 7.25. The zero-order valence-corrected chi connectivity index (χ0v) is 16.1. The van der Waals surface area contributed by atoms with Gasteiger partial charge in [0.15, 0.2) is 6.79 Å². The van der Waals surface area contributed by atoms with Crippen LogP contribution in [0.15, 0.2) is 21.8 Å². The molecule has 4 rings (SSSR count). The van der Waals surface area contributed by atoms with Crippen LogP contribution in [0.2, 0.25) is 0 Å². The molecular formula is C16H14N4O5S2. The number of fused-ring (bicyclic) bond motifs is 1. The normalized spacial score (nSPS) is 13.3. The summed E-state index contributed by atoms with van der Waals surface area (Å²) in [6, 6.07) is 2.98. The average molecular weight is 406 g/mol. The third-order valence-corrected chi connectivity index (χ3v) is 5.77. The van der Waals surface area contributed by atoms with Crippen LogP contribution >= 0.6 is 23.1 Å². The maximum atomic E-state index is 11.2. The summed E-state index contributed by atoms with van der Waals surface area (Å²) in [4.78, 5) is 16.0. The highest BCUT2D eigenvalue weighted by Crippen LogP contribution is 2.37. The zero-order chi connectivity index (χ0) is 19.0. The van der Waals surface area contributed by atoms with Crippen molar-refractivity contribution in [2.24, 2.45) is 0 Å². The number of ether oxygens (including phenoxy) is 2. The Morgan fingerprint density at radius 3 is 2.93 bits per heavy atom. The van der Waals surface area contributed by atoms with E-state index < -0.39 is 4.92 Å². The number of aryl methyl sites for hydroxylation is 2. The van der Waals surface area contributed by atoms with Crippen molar-refractivity contribution in [3.63, 3.8) is 0 Å². The minimum atomic E-state index is -0.428. The molecule has 27 heavy (non-hydrogen) atoms. The molecule has 0 amide bonds. The van der Waals surface area contributed by atoms with E-state index in [2.05, 4.69) is 15.2 Å². The van der Waals surface area contributed by atoms with Gasteiger partial charge in [-0.1, -0.05) is 11.8 Å². The fourth-order valence-corrected chi connectivity index (χ4v) is 4.29. The number of benzene rings is 1. The largest absolute Gasteiger partial charge is 0.467 e. The van der Waals surface area contributed by atoms with Crippen molar-refractivity contribution in [3.05, 3.63) is 44.1 Å². The number of nitro benzene ring substituents is 1. The summed E-state index contributed by atoms with van der Waals surface area (Å²) >= 11 is 2.79. The number of thioether (sulfide) groups is 1. The molecule has 1 aliphatic heterocycles. The van der Waals surface area contributed by atoms with Gasteiger partial charge in [0.2, 0.25) is 0 Å². The molecule has 1 aliphatic rings. The van der Waals surface area contributed by atoms with E-state index in [1.165, 1.54) is 35.2 Å². The first-order chi connectivity index (χ1) is 13.0. The molecule has 0 bridgehead atoms. The summed E-state index contributed by atoms with van der Waals surface area (Å²) in [5.74, 6) is 1.44. The van der Waals surface area contributed by atoms with Crippen LogP contribution in [0.5, 0.6) is 5.75 Å². The summed E-state index contributed by atoms with van der Waals surface area (Å²) < 4.78 is 16.5. The van der Waals surface area contributed by atoms with Gasteiger partial charge < -0.3 is 13.9 Å². The third kappa shape index (κ3) is 3.66. The first-order valence-corrected chi connectivity index (χ1v) is 9.73. The second-order valence-corrected chi connectivity index (χ2v) is 7.90.